The van der Waals surface area contributed by atoms with Crippen molar-refractivity contribution >= 4 is 11.3 Å². The third-order valence-electron chi connectivity index (χ3n) is 4.13. The predicted molar refractivity (Wildman–Crippen MR) is 89.3 cm³/mol. The minimum atomic E-state index is 0.588. The van der Waals surface area contributed by atoms with Crippen LogP contribution in [0, 0.1) is 11.8 Å². The Labute approximate surface area is 128 Å². The van der Waals surface area contributed by atoms with Gasteiger partial charge in [-0.3, -0.25) is 4.90 Å². The number of hydrogen-bond acceptors (Lipinski definition) is 3. The first kappa shape index (κ1) is 16.0. The molecule has 1 aliphatic rings. The summed E-state index contributed by atoms with van der Waals surface area (Å²) in [6.07, 6.45) is 2.55. The second-order valence-electron chi connectivity index (χ2n) is 6.83. The van der Waals surface area contributed by atoms with Gasteiger partial charge in [0, 0.05) is 30.1 Å². The summed E-state index contributed by atoms with van der Waals surface area (Å²) in [7, 11) is 0. The molecular formula is C17H30N2S. The topological polar surface area (TPSA) is 15.3 Å². The molecule has 2 atom stereocenters. The van der Waals surface area contributed by atoms with Crippen molar-refractivity contribution in [3.8, 4) is 0 Å². The monoisotopic (exact) mass is 294 g/mol. The van der Waals surface area contributed by atoms with Gasteiger partial charge in [0.1, 0.15) is 0 Å². The lowest BCUT2D eigenvalue weighted by atomic mass is 9.98. The Morgan fingerprint density at radius 2 is 2.15 bits per heavy atom. The molecule has 3 heteroatoms. The molecule has 1 N–H and O–H groups in total. The quantitative estimate of drug-likeness (QED) is 0.877. The van der Waals surface area contributed by atoms with Crippen molar-refractivity contribution in [3.05, 3.63) is 22.4 Å². The molecule has 1 aliphatic heterocycles. The van der Waals surface area contributed by atoms with Gasteiger partial charge in [0.25, 0.3) is 0 Å². The lowest BCUT2D eigenvalue weighted by Gasteiger charge is -2.35. The molecule has 1 fully saturated rings. The second-order valence-corrected chi connectivity index (χ2v) is 7.81. The normalized spacial score (nSPS) is 23.2. The van der Waals surface area contributed by atoms with Crippen LogP contribution in [0.5, 0.6) is 0 Å². The van der Waals surface area contributed by atoms with Crippen LogP contribution >= 0.6 is 11.3 Å². The van der Waals surface area contributed by atoms with Crippen molar-refractivity contribution in [2.45, 2.75) is 52.6 Å². The van der Waals surface area contributed by atoms with E-state index in [1.165, 1.54) is 37.4 Å². The Kier molecular flexibility index (Phi) is 6.06. The van der Waals surface area contributed by atoms with Gasteiger partial charge in [-0.05, 0) is 42.7 Å². The van der Waals surface area contributed by atoms with Gasteiger partial charge in [0.05, 0.1) is 0 Å². The highest BCUT2D eigenvalue weighted by molar-refractivity contribution is 7.10. The van der Waals surface area contributed by atoms with E-state index in [1.807, 2.05) is 11.3 Å². The molecule has 2 heterocycles. The summed E-state index contributed by atoms with van der Waals surface area (Å²) in [4.78, 5) is 4.26. The van der Waals surface area contributed by atoms with Crippen molar-refractivity contribution in [2.24, 2.45) is 11.8 Å². The van der Waals surface area contributed by atoms with Gasteiger partial charge in [-0.25, -0.2) is 0 Å². The summed E-state index contributed by atoms with van der Waals surface area (Å²) in [6.45, 7) is 13.0. The van der Waals surface area contributed by atoms with Crippen molar-refractivity contribution in [1.82, 2.24) is 10.2 Å². The molecule has 0 aliphatic carbocycles. The van der Waals surface area contributed by atoms with E-state index < -0.39 is 0 Å². The molecule has 1 saturated heterocycles. The predicted octanol–water partition coefficient (Wildman–Crippen LogP) is 4.16. The van der Waals surface area contributed by atoms with Gasteiger partial charge in [-0.1, -0.05) is 33.8 Å². The molecule has 0 bridgehead atoms. The summed E-state index contributed by atoms with van der Waals surface area (Å²) in [5.41, 5.74) is 0. The van der Waals surface area contributed by atoms with Crippen molar-refractivity contribution < 1.29 is 0 Å². The molecule has 114 valence electrons. The van der Waals surface area contributed by atoms with Crippen LogP contribution in [0.2, 0.25) is 0 Å². The van der Waals surface area contributed by atoms with Crippen LogP contribution in [0.25, 0.3) is 0 Å². The number of rotatable bonds is 5. The number of nitrogens with one attached hydrogen (secondary N) is 1. The largest absolute Gasteiger partial charge is 0.313 e. The van der Waals surface area contributed by atoms with Crippen LogP contribution in [0.3, 0.4) is 0 Å². The van der Waals surface area contributed by atoms with E-state index in [4.69, 9.17) is 0 Å². The summed E-state index contributed by atoms with van der Waals surface area (Å²) < 4.78 is 0. The van der Waals surface area contributed by atoms with Crippen molar-refractivity contribution in [3.63, 3.8) is 0 Å². The fraction of sp³-hybridized carbons (Fsp3) is 0.765. The number of nitrogens with zero attached hydrogens (tertiary/aromatic N) is 1. The maximum Gasteiger partial charge on any atom is 0.0465 e. The van der Waals surface area contributed by atoms with Crippen LogP contribution in [0.15, 0.2) is 17.5 Å². The fourth-order valence-corrected chi connectivity index (χ4v) is 4.43. The maximum absolute atomic E-state index is 3.74. The molecule has 1 aromatic rings. The highest BCUT2D eigenvalue weighted by Gasteiger charge is 2.28. The first-order valence-corrected chi connectivity index (χ1v) is 8.96. The van der Waals surface area contributed by atoms with Crippen LogP contribution in [-0.2, 0) is 0 Å². The van der Waals surface area contributed by atoms with Crippen LogP contribution in [0.4, 0.5) is 0 Å². The lowest BCUT2D eigenvalue weighted by Crippen LogP contribution is -2.41. The van der Waals surface area contributed by atoms with E-state index in [2.05, 4.69) is 55.4 Å². The lowest BCUT2D eigenvalue weighted by molar-refractivity contribution is 0.151. The first-order valence-electron chi connectivity index (χ1n) is 8.08. The minimum absolute atomic E-state index is 0.588. The Morgan fingerprint density at radius 1 is 1.35 bits per heavy atom. The maximum atomic E-state index is 3.74. The van der Waals surface area contributed by atoms with Crippen LogP contribution in [0.1, 0.15) is 51.5 Å². The molecular weight excluding hydrogens is 264 g/mol. The van der Waals surface area contributed by atoms with E-state index >= 15 is 0 Å². The molecule has 2 rings (SSSR count). The Morgan fingerprint density at radius 3 is 2.75 bits per heavy atom. The average Bonchev–Trinajstić information content (AvgIpc) is 2.77. The average molecular weight is 295 g/mol. The molecule has 20 heavy (non-hydrogen) atoms. The molecule has 2 nitrogen and oxygen atoms in total. The summed E-state index contributed by atoms with van der Waals surface area (Å²) in [5.74, 6) is 1.44. The highest BCUT2D eigenvalue weighted by Crippen LogP contribution is 2.32. The van der Waals surface area contributed by atoms with Gasteiger partial charge >= 0.3 is 0 Å². The van der Waals surface area contributed by atoms with E-state index in [-0.39, 0.29) is 0 Å². The zero-order valence-corrected chi connectivity index (χ0v) is 14.2. The Hall–Kier alpha value is -0.380. The summed E-state index contributed by atoms with van der Waals surface area (Å²) in [6, 6.07) is 5.74. The van der Waals surface area contributed by atoms with Gasteiger partial charge in [0.15, 0.2) is 0 Å². The smallest absolute Gasteiger partial charge is 0.0465 e. The fourth-order valence-electron chi connectivity index (χ4n) is 3.40. The zero-order valence-electron chi connectivity index (χ0n) is 13.4. The molecule has 0 amide bonds. The third kappa shape index (κ3) is 4.31. The number of thiophene rings is 1. The van der Waals surface area contributed by atoms with Gasteiger partial charge in [-0.2, -0.15) is 0 Å². The van der Waals surface area contributed by atoms with Gasteiger partial charge in [0.2, 0.25) is 0 Å². The van der Waals surface area contributed by atoms with E-state index in [9.17, 15) is 0 Å². The van der Waals surface area contributed by atoms with Crippen molar-refractivity contribution in [1.29, 1.82) is 0 Å². The molecule has 2 unspecified atom stereocenters. The SMILES string of the molecule is CC(C)CC1CN(C(c2cccs2)C(C)C)CCCN1. The van der Waals surface area contributed by atoms with Gasteiger partial charge < -0.3 is 5.32 Å². The van der Waals surface area contributed by atoms with E-state index in [0.29, 0.717) is 18.0 Å². The molecule has 0 spiro atoms. The zero-order chi connectivity index (χ0) is 14.5. The second kappa shape index (κ2) is 7.58. The molecule has 0 radical (unpaired) electrons. The molecule has 0 saturated carbocycles. The minimum Gasteiger partial charge on any atom is -0.313 e. The van der Waals surface area contributed by atoms with Gasteiger partial charge in [-0.15, -0.1) is 11.3 Å². The Balaban J connectivity index is 2.10. The summed E-state index contributed by atoms with van der Waals surface area (Å²) in [5, 5.41) is 5.96. The summed E-state index contributed by atoms with van der Waals surface area (Å²) >= 11 is 1.91. The Bertz CT molecular complexity index is 372. The molecule has 1 aromatic heterocycles. The third-order valence-corrected chi connectivity index (χ3v) is 5.07. The van der Waals surface area contributed by atoms with Crippen LogP contribution in [-0.4, -0.2) is 30.6 Å². The van der Waals surface area contributed by atoms with E-state index in [0.717, 1.165) is 5.92 Å². The van der Waals surface area contributed by atoms with Crippen LogP contribution < -0.4 is 5.32 Å². The van der Waals surface area contributed by atoms with Crippen molar-refractivity contribution in [2.75, 3.05) is 19.6 Å². The van der Waals surface area contributed by atoms with E-state index in [1.54, 1.807) is 0 Å². The molecule has 0 aromatic carbocycles. The number of hydrogen-bond donors (Lipinski definition) is 1. The standard InChI is InChI=1S/C17H30N2S/c1-13(2)11-15-12-19(9-6-8-18-15)17(14(3)4)16-7-5-10-20-16/h5,7,10,13-15,17-18H,6,8-9,11-12H2,1-4H3. The highest BCUT2D eigenvalue weighted by atomic mass is 32.1. The first-order chi connectivity index (χ1) is 9.58.